The maximum atomic E-state index is 4.35. The van der Waals surface area contributed by atoms with E-state index in [2.05, 4.69) is 70.7 Å². The Kier molecular flexibility index (Phi) is 6.80. The molecule has 0 saturated heterocycles. The van der Waals surface area contributed by atoms with Gasteiger partial charge in [-0.15, -0.1) is 11.8 Å². The SMILES string of the molecule is CCNC(CSc1ccc(Br)cc1)Cc1cnn(CC)c1. The van der Waals surface area contributed by atoms with Crippen LogP contribution in [0, 0.1) is 0 Å². The number of likely N-dealkylation sites (N-methyl/N-ethyl adjacent to an activating group) is 1. The molecule has 1 unspecified atom stereocenters. The van der Waals surface area contributed by atoms with Crippen molar-refractivity contribution >= 4 is 27.7 Å². The van der Waals surface area contributed by atoms with Gasteiger partial charge in [-0.3, -0.25) is 4.68 Å². The molecule has 0 fully saturated rings. The third-order valence-electron chi connectivity index (χ3n) is 3.25. The zero-order chi connectivity index (χ0) is 15.1. The molecule has 0 radical (unpaired) electrons. The number of nitrogens with one attached hydrogen (secondary N) is 1. The molecule has 0 aliphatic rings. The van der Waals surface area contributed by atoms with E-state index in [1.165, 1.54) is 10.5 Å². The number of halogens is 1. The van der Waals surface area contributed by atoms with E-state index < -0.39 is 0 Å². The molecule has 1 heterocycles. The third-order valence-corrected chi connectivity index (χ3v) is 4.95. The van der Waals surface area contributed by atoms with Crippen molar-refractivity contribution in [1.29, 1.82) is 0 Å². The minimum atomic E-state index is 0.471. The molecule has 0 amide bonds. The number of thioether (sulfide) groups is 1. The van der Waals surface area contributed by atoms with Gasteiger partial charge < -0.3 is 5.32 Å². The number of rotatable bonds is 8. The van der Waals surface area contributed by atoms with E-state index in [1.807, 2.05) is 22.6 Å². The van der Waals surface area contributed by atoms with Gasteiger partial charge in [-0.25, -0.2) is 0 Å². The lowest BCUT2D eigenvalue weighted by atomic mass is 10.1. The molecule has 1 aromatic heterocycles. The van der Waals surface area contributed by atoms with Crippen LogP contribution in [0.3, 0.4) is 0 Å². The number of nitrogens with zero attached hydrogens (tertiary/aromatic N) is 2. The fourth-order valence-electron chi connectivity index (χ4n) is 2.18. The Balaban J connectivity index is 1.90. The van der Waals surface area contributed by atoms with Crippen LogP contribution < -0.4 is 5.32 Å². The van der Waals surface area contributed by atoms with Gasteiger partial charge in [0.1, 0.15) is 0 Å². The van der Waals surface area contributed by atoms with E-state index in [9.17, 15) is 0 Å². The first-order valence-electron chi connectivity index (χ1n) is 7.34. The number of aryl methyl sites for hydroxylation is 1. The first-order valence-corrected chi connectivity index (χ1v) is 9.12. The molecule has 2 rings (SSSR count). The van der Waals surface area contributed by atoms with Gasteiger partial charge in [0.2, 0.25) is 0 Å². The zero-order valence-electron chi connectivity index (χ0n) is 12.6. The van der Waals surface area contributed by atoms with Crippen molar-refractivity contribution in [2.24, 2.45) is 0 Å². The lowest BCUT2D eigenvalue weighted by Crippen LogP contribution is -2.33. The van der Waals surface area contributed by atoms with Gasteiger partial charge in [-0.1, -0.05) is 22.9 Å². The first-order chi connectivity index (χ1) is 10.2. The van der Waals surface area contributed by atoms with Gasteiger partial charge in [-0.2, -0.15) is 5.10 Å². The second-order valence-corrected chi connectivity index (χ2v) is 6.94. The van der Waals surface area contributed by atoms with Crippen LogP contribution in [0.2, 0.25) is 0 Å². The number of hydrogen-bond donors (Lipinski definition) is 1. The Morgan fingerprint density at radius 1 is 1.29 bits per heavy atom. The Morgan fingerprint density at radius 2 is 2.05 bits per heavy atom. The highest BCUT2D eigenvalue weighted by molar-refractivity contribution is 9.10. The molecule has 3 nitrogen and oxygen atoms in total. The van der Waals surface area contributed by atoms with Crippen molar-refractivity contribution in [3.63, 3.8) is 0 Å². The van der Waals surface area contributed by atoms with Crippen molar-refractivity contribution < 1.29 is 0 Å². The van der Waals surface area contributed by atoms with Gasteiger partial charge in [0.05, 0.1) is 6.20 Å². The summed E-state index contributed by atoms with van der Waals surface area (Å²) in [5.41, 5.74) is 1.30. The Hall–Kier alpha value is -0.780. The monoisotopic (exact) mass is 367 g/mol. The van der Waals surface area contributed by atoms with E-state index in [0.717, 1.165) is 29.7 Å². The summed E-state index contributed by atoms with van der Waals surface area (Å²) in [5, 5.41) is 7.93. The van der Waals surface area contributed by atoms with Crippen LogP contribution in [0.25, 0.3) is 0 Å². The first kappa shape index (κ1) is 16.6. The quantitative estimate of drug-likeness (QED) is 0.715. The van der Waals surface area contributed by atoms with Crippen molar-refractivity contribution in [3.8, 4) is 0 Å². The molecule has 2 aromatic rings. The van der Waals surface area contributed by atoms with Crippen molar-refractivity contribution in [2.45, 2.75) is 37.8 Å². The minimum Gasteiger partial charge on any atom is -0.313 e. The molecule has 114 valence electrons. The number of aromatic nitrogens is 2. The fraction of sp³-hybridized carbons (Fsp3) is 0.438. The predicted molar refractivity (Wildman–Crippen MR) is 93.9 cm³/mol. The van der Waals surface area contributed by atoms with Crippen molar-refractivity contribution in [2.75, 3.05) is 12.3 Å². The van der Waals surface area contributed by atoms with E-state index in [-0.39, 0.29) is 0 Å². The van der Waals surface area contributed by atoms with Crippen molar-refractivity contribution in [1.82, 2.24) is 15.1 Å². The molecule has 1 N–H and O–H groups in total. The highest BCUT2D eigenvalue weighted by Crippen LogP contribution is 2.22. The van der Waals surface area contributed by atoms with Crippen LogP contribution in [-0.4, -0.2) is 28.1 Å². The lowest BCUT2D eigenvalue weighted by Gasteiger charge is -2.16. The molecule has 0 spiro atoms. The highest BCUT2D eigenvalue weighted by atomic mass is 79.9. The number of benzene rings is 1. The third kappa shape index (κ3) is 5.49. The van der Waals surface area contributed by atoms with Crippen molar-refractivity contribution in [3.05, 3.63) is 46.7 Å². The maximum absolute atomic E-state index is 4.35. The molecule has 1 aromatic carbocycles. The molecule has 5 heteroatoms. The van der Waals surface area contributed by atoms with Crippen LogP contribution in [-0.2, 0) is 13.0 Å². The summed E-state index contributed by atoms with van der Waals surface area (Å²) in [4.78, 5) is 1.31. The predicted octanol–water partition coefficient (Wildman–Crippen LogP) is 3.98. The van der Waals surface area contributed by atoms with Crippen LogP contribution in [0.5, 0.6) is 0 Å². The van der Waals surface area contributed by atoms with E-state index >= 15 is 0 Å². The van der Waals surface area contributed by atoms with Gasteiger partial charge in [0.25, 0.3) is 0 Å². The summed E-state index contributed by atoms with van der Waals surface area (Å²) in [6, 6.07) is 8.98. The summed E-state index contributed by atoms with van der Waals surface area (Å²) in [6.45, 7) is 6.20. The van der Waals surface area contributed by atoms with E-state index in [4.69, 9.17) is 0 Å². The molecule has 0 aliphatic carbocycles. The Labute approximate surface area is 139 Å². The zero-order valence-corrected chi connectivity index (χ0v) is 15.0. The average Bonchev–Trinajstić information content (AvgIpc) is 2.94. The van der Waals surface area contributed by atoms with Gasteiger partial charge in [-0.05, 0) is 49.7 Å². The molecule has 0 aliphatic heterocycles. The largest absolute Gasteiger partial charge is 0.313 e. The molecule has 1 atom stereocenters. The summed E-state index contributed by atoms with van der Waals surface area (Å²) in [7, 11) is 0. The standard InChI is InChI=1S/C16H22BrN3S/c1-3-18-15(9-13-10-19-20(4-2)11-13)12-21-16-7-5-14(17)6-8-16/h5-8,10-11,15,18H,3-4,9,12H2,1-2H3. The second kappa shape index (κ2) is 8.61. The normalized spacial score (nSPS) is 12.5. The maximum Gasteiger partial charge on any atom is 0.0522 e. The Morgan fingerprint density at radius 3 is 2.67 bits per heavy atom. The lowest BCUT2D eigenvalue weighted by molar-refractivity contribution is 0.572. The highest BCUT2D eigenvalue weighted by Gasteiger charge is 2.10. The van der Waals surface area contributed by atoms with Gasteiger partial charge in [0.15, 0.2) is 0 Å². The number of hydrogen-bond acceptors (Lipinski definition) is 3. The summed E-state index contributed by atoms with van der Waals surface area (Å²) < 4.78 is 3.11. The van der Waals surface area contributed by atoms with E-state index in [1.54, 1.807) is 0 Å². The summed E-state index contributed by atoms with van der Waals surface area (Å²) >= 11 is 5.37. The average molecular weight is 368 g/mol. The molecular formula is C16H22BrN3S. The smallest absolute Gasteiger partial charge is 0.0522 e. The minimum absolute atomic E-state index is 0.471. The molecule has 0 bridgehead atoms. The van der Waals surface area contributed by atoms with Gasteiger partial charge in [0, 0.05) is 33.9 Å². The summed E-state index contributed by atoms with van der Waals surface area (Å²) in [5.74, 6) is 1.06. The van der Waals surface area contributed by atoms with E-state index in [0.29, 0.717) is 6.04 Å². The molecule has 0 saturated carbocycles. The Bertz CT molecular complexity index is 539. The van der Waals surface area contributed by atoms with Crippen LogP contribution >= 0.6 is 27.7 Å². The van der Waals surface area contributed by atoms with Crippen LogP contribution in [0.1, 0.15) is 19.4 Å². The molecule has 21 heavy (non-hydrogen) atoms. The summed E-state index contributed by atoms with van der Waals surface area (Å²) in [6.07, 6.45) is 5.16. The fourth-order valence-corrected chi connectivity index (χ4v) is 3.40. The topological polar surface area (TPSA) is 29.9 Å². The van der Waals surface area contributed by atoms with Crippen LogP contribution in [0.4, 0.5) is 0 Å². The molecular weight excluding hydrogens is 346 g/mol. The van der Waals surface area contributed by atoms with Crippen LogP contribution in [0.15, 0.2) is 46.0 Å². The van der Waals surface area contributed by atoms with Gasteiger partial charge >= 0.3 is 0 Å². The second-order valence-electron chi connectivity index (χ2n) is 4.93.